The summed E-state index contributed by atoms with van der Waals surface area (Å²) < 4.78 is 0.930. The summed E-state index contributed by atoms with van der Waals surface area (Å²) in [4.78, 5) is 18.1. The van der Waals surface area contributed by atoms with Crippen molar-refractivity contribution in [1.82, 2.24) is 10.3 Å². The van der Waals surface area contributed by atoms with Gasteiger partial charge < -0.3 is 5.32 Å². The molecule has 0 saturated heterocycles. The molecule has 0 aliphatic carbocycles. The molecule has 0 spiro atoms. The van der Waals surface area contributed by atoms with E-state index in [0.717, 1.165) is 15.6 Å². The molecular weight excluding hydrogens is 368 g/mol. The number of nitrogens with one attached hydrogen (secondary N) is 1. The highest BCUT2D eigenvalue weighted by Crippen LogP contribution is 2.24. The van der Waals surface area contributed by atoms with E-state index in [2.05, 4.69) is 38.4 Å². The van der Waals surface area contributed by atoms with Crippen LogP contribution in [0.1, 0.15) is 15.2 Å². The van der Waals surface area contributed by atoms with Crippen molar-refractivity contribution in [2.24, 2.45) is 0 Å². The highest BCUT2D eigenvalue weighted by Gasteiger charge is 2.08. The van der Waals surface area contributed by atoms with Crippen LogP contribution >= 0.6 is 38.6 Å². The molecule has 0 aromatic carbocycles. The predicted octanol–water partition coefficient (Wildman–Crippen LogP) is 4.56. The lowest BCUT2D eigenvalue weighted by Crippen LogP contribution is -2.21. The highest BCUT2D eigenvalue weighted by molar-refractivity contribution is 9.10. The number of carbonyl (C=O) groups is 1. The molecule has 21 heavy (non-hydrogen) atoms. The summed E-state index contributed by atoms with van der Waals surface area (Å²) in [5.41, 5.74) is 2.07. The molecule has 1 N–H and O–H groups in total. The molecule has 3 aromatic rings. The van der Waals surface area contributed by atoms with E-state index in [-0.39, 0.29) is 5.91 Å². The van der Waals surface area contributed by atoms with Crippen molar-refractivity contribution in [3.63, 3.8) is 0 Å². The zero-order valence-corrected chi connectivity index (χ0v) is 14.1. The van der Waals surface area contributed by atoms with Crippen LogP contribution in [0.5, 0.6) is 0 Å². The third-order valence-electron chi connectivity index (χ3n) is 2.84. The van der Waals surface area contributed by atoms with Crippen LogP contribution < -0.4 is 5.32 Å². The number of hydrogen-bond acceptors (Lipinski definition) is 4. The number of thiophene rings is 2. The van der Waals surface area contributed by atoms with Crippen molar-refractivity contribution >= 4 is 44.5 Å². The Balaban J connectivity index is 1.68. The minimum absolute atomic E-state index is 0.0628. The van der Waals surface area contributed by atoms with Gasteiger partial charge in [0.1, 0.15) is 0 Å². The van der Waals surface area contributed by atoms with Crippen LogP contribution in [0.25, 0.3) is 10.4 Å². The van der Waals surface area contributed by atoms with Gasteiger partial charge in [0.15, 0.2) is 0 Å². The number of nitrogens with zero attached hydrogens (tertiary/aromatic N) is 1. The molecule has 3 heterocycles. The largest absolute Gasteiger partial charge is 0.347 e. The maximum absolute atomic E-state index is 12.0. The normalized spacial score (nSPS) is 10.5. The van der Waals surface area contributed by atoms with Gasteiger partial charge in [0.05, 0.1) is 4.88 Å². The van der Waals surface area contributed by atoms with E-state index in [1.807, 2.05) is 29.1 Å². The quantitative estimate of drug-likeness (QED) is 0.722. The Kier molecular flexibility index (Phi) is 4.48. The smallest absolute Gasteiger partial charge is 0.261 e. The van der Waals surface area contributed by atoms with Crippen LogP contribution in [0, 0.1) is 0 Å². The number of halogens is 1. The fourth-order valence-corrected chi connectivity index (χ4v) is 3.91. The molecular formula is C15H11BrN2OS2. The maximum Gasteiger partial charge on any atom is 0.261 e. The molecule has 6 heteroatoms. The lowest BCUT2D eigenvalue weighted by atomic mass is 10.2. The third-order valence-corrected chi connectivity index (χ3v) is 5.45. The third kappa shape index (κ3) is 3.58. The molecule has 0 saturated carbocycles. The van der Waals surface area contributed by atoms with Gasteiger partial charge in [-0.1, -0.05) is 6.07 Å². The Morgan fingerprint density at radius 2 is 2.19 bits per heavy atom. The lowest BCUT2D eigenvalue weighted by molar-refractivity contribution is 0.0955. The monoisotopic (exact) mass is 378 g/mol. The van der Waals surface area contributed by atoms with Crippen molar-refractivity contribution in [3.8, 4) is 10.4 Å². The van der Waals surface area contributed by atoms with Crippen molar-refractivity contribution in [3.05, 3.63) is 62.3 Å². The fourth-order valence-electron chi connectivity index (χ4n) is 1.86. The molecule has 0 bridgehead atoms. The van der Waals surface area contributed by atoms with Gasteiger partial charge in [-0.2, -0.15) is 0 Å². The lowest BCUT2D eigenvalue weighted by Gasteiger charge is -2.05. The first-order valence-corrected chi connectivity index (χ1v) is 8.77. The van der Waals surface area contributed by atoms with E-state index < -0.39 is 0 Å². The minimum Gasteiger partial charge on any atom is -0.347 e. The summed E-state index contributed by atoms with van der Waals surface area (Å²) in [5.74, 6) is -0.0628. The van der Waals surface area contributed by atoms with Crippen LogP contribution in [0.4, 0.5) is 0 Å². The summed E-state index contributed by atoms with van der Waals surface area (Å²) in [6.45, 7) is 0.473. The molecule has 3 aromatic heterocycles. The Hall–Kier alpha value is -1.50. The first kappa shape index (κ1) is 14.4. The molecule has 3 nitrogen and oxygen atoms in total. The topological polar surface area (TPSA) is 42.0 Å². The number of pyridine rings is 1. The van der Waals surface area contributed by atoms with E-state index >= 15 is 0 Å². The maximum atomic E-state index is 12.0. The second kappa shape index (κ2) is 6.51. The summed E-state index contributed by atoms with van der Waals surface area (Å²) >= 11 is 6.45. The number of amides is 1. The van der Waals surface area contributed by atoms with Gasteiger partial charge in [-0.3, -0.25) is 9.78 Å². The van der Waals surface area contributed by atoms with Crippen LogP contribution in [0.15, 0.2) is 51.9 Å². The van der Waals surface area contributed by atoms with Crippen molar-refractivity contribution in [1.29, 1.82) is 0 Å². The summed E-state index contributed by atoms with van der Waals surface area (Å²) in [7, 11) is 0. The second-order valence-electron chi connectivity index (χ2n) is 4.37. The first-order chi connectivity index (χ1) is 10.2. The molecule has 0 aliphatic heterocycles. The van der Waals surface area contributed by atoms with Crippen LogP contribution in [0.2, 0.25) is 0 Å². The Morgan fingerprint density at radius 3 is 2.90 bits per heavy atom. The summed E-state index contributed by atoms with van der Waals surface area (Å²) in [6.07, 6.45) is 3.62. The van der Waals surface area contributed by atoms with E-state index in [9.17, 15) is 4.79 Å². The van der Waals surface area contributed by atoms with Gasteiger partial charge in [-0.25, -0.2) is 0 Å². The first-order valence-electron chi connectivity index (χ1n) is 6.22. The molecule has 3 rings (SSSR count). The summed E-state index contributed by atoms with van der Waals surface area (Å²) in [5, 5.41) is 6.85. The SMILES string of the molecule is O=C(NCc1cncc(-c2cccs2)c1)c1cc(Br)cs1. The average molecular weight is 379 g/mol. The Labute approximate surface area is 138 Å². The number of carbonyl (C=O) groups excluding carboxylic acids is 1. The zero-order valence-electron chi connectivity index (χ0n) is 10.9. The zero-order chi connectivity index (χ0) is 14.7. The Bertz CT molecular complexity index is 753. The van der Waals surface area contributed by atoms with Crippen LogP contribution in [0.3, 0.4) is 0 Å². The molecule has 0 aliphatic rings. The van der Waals surface area contributed by atoms with Gasteiger partial charge in [-0.05, 0) is 45.1 Å². The highest BCUT2D eigenvalue weighted by atomic mass is 79.9. The van der Waals surface area contributed by atoms with E-state index in [0.29, 0.717) is 11.4 Å². The number of rotatable bonds is 4. The van der Waals surface area contributed by atoms with Gasteiger partial charge in [-0.15, -0.1) is 22.7 Å². The van der Waals surface area contributed by atoms with Crippen molar-refractivity contribution in [2.45, 2.75) is 6.54 Å². The van der Waals surface area contributed by atoms with Gasteiger partial charge in [0.25, 0.3) is 5.91 Å². The number of aromatic nitrogens is 1. The molecule has 0 radical (unpaired) electrons. The van der Waals surface area contributed by atoms with E-state index in [4.69, 9.17) is 0 Å². The standard InChI is InChI=1S/C15H11BrN2OS2/c16-12-5-14(21-9-12)15(19)18-7-10-4-11(8-17-6-10)13-2-1-3-20-13/h1-6,8-9H,7H2,(H,18,19). The van der Waals surface area contributed by atoms with Gasteiger partial charge >= 0.3 is 0 Å². The summed E-state index contributed by atoms with van der Waals surface area (Å²) in [6, 6.07) is 7.96. The molecule has 0 unspecified atom stereocenters. The van der Waals surface area contributed by atoms with Gasteiger partial charge in [0, 0.05) is 39.2 Å². The van der Waals surface area contributed by atoms with Gasteiger partial charge in [0.2, 0.25) is 0 Å². The average Bonchev–Trinajstić information content (AvgIpc) is 3.16. The van der Waals surface area contributed by atoms with Crippen LogP contribution in [-0.2, 0) is 6.54 Å². The van der Waals surface area contributed by atoms with E-state index in [1.165, 1.54) is 16.2 Å². The molecule has 0 fully saturated rings. The number of hydrogen-bond donors (Lipinski definition) is 1. The predicted molar refractivity (Wildman–Crippen MR) is 90.7 cm³/mol. The fraction of sp³-hybridized carbons (Fsp3) is 0.0667. The molecule has 106 valence electrons. The van der Waals surface area contributed by atoms with Crippen molar-refractivity contribution in [2.75, 3.05) is 0 Å². The van der Waals surface area contributed by atoms with Crippen molar-refractivity contribution < 1.29 is 4.79 Å². The van der Waals surface area contributed by atoms with Crippen LogP contribution in [-0.4, -0.2) is 10.9 Å². The molecule has 0 atom stereocenters. The second-order valence-corrected chi connectivity index (χ2v) is 7.15. The van der Waals surface area contributed by atoms with E-state index in [1.54, 1.807) is 17.5 Å². The minimum atomic E-state index is -0.0628. The Morgan fingerprint density at radius 1 is 1.29 bits per heavy atom. The molecule has 1 amide bonds.